The third kappa shape index (κ3) is 9.21. The number of hydrogen-bond acceptors (Lipinski definition) is 2. The lowest BCUT2D eigenvalue weighted by molar-refractivity contribution is 0.423. The minimum atomic E-state index is 0.925. The molecular weight excluding hydrogens is 136 g/mol. The van der Waals surface area contributed by atoms with Gasteiger partial charge in [0.05, 0.1) is 0 Å². The van der Waals surface area contributed by atoms with Crippen molar-refractivity contribution >= 4 is 6.21 Å². The lowest BCUT2D eigenvalue weighted by atomic mass is 10.6. The predicted molar refractivity (Wildman–Crippen MR) is 52.7 cm³/mol. The fraction of sp³-hybridized carbons (Fsp3) is 0.667. The topological polar surface area (TPSA) is 15.6 Å². The zero-order chi connectivity index (χ0) is 9.11. The minimum Gasteiger partial charge on any atom is -0.274 e. The van der Waals surface area contributed by atoms with Gasteiger partial charge < -0.3 is 0 Å². The van der Waals surface area contributed by atoms with E-state index in [0.717, 1.165) is 6.54 Å². The van der Waals surface area contributed by atoms with Gasteiger partial charge in [0.25, 0.3) is 0 Å². The maximum atomic E-state index is 4.05. The van der Waals surface area contributed by atoms with E-state index >= 15 is 0 Å². The lowest BCUT2D eigenvalue weighted by Gasteiger charge is -2.08. The molecule has 0 spiro atoms. The summed E-state index contributed by atoms with van der Waals surface area (Å²) in [6.45, 7) is 10.9. The molecule has 0 aromatic heterocycles. The van der Waals surface area contributed by atoms with Crippen molar-refractivity contribution in [3.63, 3.8) is 0 Å². The van der Waals surface area contributed by atoms with Crippen molar-refractivity contribution in [1.82, 2.24) is 5.01 Å². The molecule has 0 saturated carbocycles. The number of hydrogen-bond donors (Lipinski definition) is 0. The minimum absolute atomic E-state index is 0.925. The Kier molecular flexibility index (Phi) is 13.9. The monoisotopic (exact) mass is 156 g/mol. The molecule has 0 rings (SSSR count). The van der Waals surface area contributed by atoms with Gasteiger partial charge in [0.1, 0.15) is 0 Å². The first kappa shape index (κ1) is 12.8. The molecule has 0 radical (unpaired) electrons. The summed E-state index contributed by atoms with van der Waals surface area (Å²) in [6.07, 6.45) is 5.69. The summed E-state index contributed by atoms with van der Waals surface area (Å²) < 4.78 is 0. The molecule has 0 aliphatic carbocycles. The Morgan fingerprint density at radius 1 is 1.27 bits per heavy atom. The molecule has 0 saturated heterocycles. The van der Waals surface area contributed by atoms with Gasteiger partial charge in [-0.25, -0.2) is 0 Å². The first-order chi connectivity index (χ1) is 5.35. The Balaban J connectivity index is 0. The summed E-state index contributed by atoms with van der Waals surface area (Å²) in [5, 5.41) is 5.93. The third-order valence-corrected chi connectivity index (χ3v) is 0.909. The molecule has 0 aliphatic rings. The van der Waals surface area contributed by atoms with Crippen molar-refractivity contribution in [2.24, 2.45) is 5.10 Å². The Labute approximate surface area is 70.6 Å². The maximum Gasteiger partial charge on any atom is 0.0380 e. The van der Waals surface area contributed by atoms with Crippen molar-refractivity contribution in [2.75, 3.05) is 6.54 Å². The van der Waals surface area contributed by atoms with Crippen molar-refractivity contribution in [3.05, 3.63) is 12.3 Å². The van der Waals surface area contributed by atoms with Gasteiger partial charge in [-0.3, -0.25) is 5.01 Å². The molecule has 0 bridgehead atoms. The zero-order valence-electron chi connectivity index (χ0n) is 8.33. The Morgan fingerprint density at radius 2 is 1.82 bits per heavy atom. The molecule has 0 fully saturated rings. The first-order valence-electron chi connectivity index (χ1n) is 4.23. The van der Waals surface area contributed by atoms with Crippen LogP contribution >= 0.6 is 0 Å². The highest BCUT2D eigenvalue weighted by Crippen LogP contribution is 1.87. The quantitative estimate of drug-likeness (QED) is 0.453. The van der Waals surface area contributed by atoms with E-state index < -0.39 is 0 Å². The second-order valence-corrected chi connectivity index (χ2v) is 1.61. The maximum absolute atomic E-state index is 4.05. The molecule has 0 amide bonds. The van der Waals surface area contributed by atoms with E-state index in [-0.39, 0.29) is 0 Å². The predicted octanol–water partition coefficient (Wildman–Crippen LogP) is 2.87. The highest BCUT2D eigenvalue weighted by Gasteiger charge is 1.83. The molecule has 0 heterocycles. The van der Waals surface area contributed by atoms with Gasteiger partial charge in [-0.05, 0) is 20.8 Å². The lowest BCUT2D eigenvalue weighted by Crippen LogP contribution is -2.07. The summed E-state index contributed by atoms with van der Waals surface area (Å²) in [6, 6.07) is 0. The van der Waals surface area contributed by atoms with Gasteiger partial charge in [-0.1, -0.05) is 19.9 Å². The average Bonchev–Trinajstić information content (AvgIpc) is 2.08. The van der Waals surface area contributed by atoms with E-state index in [1.54, 1.807) is 6.21 Å². The van der Waals surface area contributed by atoms with Crippen LogP contribution in [0.25, 0.3) is 0 Å². The van der Waals surface area contributed by atoms with Crippen molar-refractivity contribution in [2.45, 2.75) is 34.6 Å². The van der Waals surface area contributed by atoms with E-state index in [2.05, 4.69) is 12.0 Å². The standard InChI is InChI=1S/C7H14N2.C2H6/c1-4-7-9(6-3)8-5-2;1-2/h4-5,7H,6H2,1-3H3;1-2H3/b7-4-,8-5-;. The molecule has 0 atom stereocenters. The molecule has 0 aromatic rings. The van der Waals surface area contributed by atoms with E-state index in [1.807, 2.05) is 45.0 Å². The van der Waals surface area contributed by atoms with Crippen LogP contribution < -0.4 is 0 Å². The highest BCUT2D eigenvalue weighted by molar-refractivity contribution is 5.52. The summed E-state index contributed by atoms with van der Waals surface area (Å²) in [5.41, 5.74) is 0. The average molecular weight is 156 g/mol. The largest absolute Gasteiger partial charge is 0.274 e. The normalized spacial score (nSPS) is 9.91. The molecule has 0 aliphatic heterocycles. The summed E-state index contributed by atoms with van der Waals surface area (Å²) in [4.78, 5) is 0. The van der Waals surface area contributed by atoms with E-state index in [9.17, 15) is 0 Å². The molecule has 0 aromatic carbocycles. The van der Waals surface area contributed by atoms with Crippen molar-refractivity contribution in [3.8, 4) is 0 Å². The van der Waals surface area contributed by atoms with Gasteiger partial charge >= 0.3 is 0 Å². The molecule has 0 unspecified atom stereocenters. The van der Waals surface area contributed by atoms with Gasteiger partial charge in [-0.2, -0.15) is 5.10 Å². The van der Waals surface area contributed by atoms with Gasteiger partial charge in [0.2, 0.25) is 0 Å². The smallest absolute Gasteiger partial charge is 0.0380 e. The summed E-state index contributed by atoms with van der Waals surface area (Å²) >= 11 is 0. The Bertz CT molecular complexity index is 94.1. The van der Waals surface area contributed by atoms with Crippen LogP contribution in [-0.4, -0.2) is 17.8 Å². The molecule has 2 heteroatoms. The number of hydrazone groups is 1. The van der Waals surface area contributed by atoms with Crippen LogP contribution in [0, 0.1) is 0 Å². The zero-order valence-corrected chi connectivity index (χ0v) is 8.33. The Morgan fingerprint density at radius 3 is 2.09 bits per heavy atom. The van der Waals surface area contributed by atoms with Crippen LogP contribution in [0.4, 0.5) is 0 Å². The summed E-state index contributed by atoms with van der Waals surface area (Å²) in [7, 11) is 0. The number of nitrogens with zero attached hydrogens (tertiary/aromatic N) is 2. The van der Waals surface area contributed by atoms with Crippen LogP contribution in [0.5, 0.6) is 0 Å². The highest BCUT2D eigenvalue weighted by atomic mass is 15.4. The fourth-order valence-electron chi connectivity index (χ4n) is 0.546. The molecular formula is C9H20N2. The van der Waals surface area contributed by atoms with Crippen LogP contribution in [0.1, 0.15) is 34.6 Å². The van der Waals surface area contributed by atoms with E-state index in [1.165, 1.54) is 0 Å². The van der Waals surface area contributed by atoms with E-state index in [4.69, 9.17) is 0 Å². The molecule has 66 valence electrons. The molecule has 2 nitrogen and oxygen atoms in total. The second kappa shape index (κ2) is 11.9. The van der Waals surface area contributed by atoms with Crippen molar-refractivity contribution in [1.29, 1.82) is 0 Å². The Hall–Kier alpha value is -0.790. The van der Waals surface area contributed by atoms with Gasteiger partial charge in [0, 0.05) is 19.0 Å². The van der Waals surface area contributed by atoms with Gasteiger partial charge in [-0.15, -0.1) is 0 Å². The van der Waals surface area contributed by atoms with E-state index in [0.29, 0.717) is 0 Å². The third-order valence-electron chi connectivity index (χ3n) is 0.909. The van der Waals surface area contributed by atoms with Crippen LogP contribution in [0.3, 0.4) is 0 Å². The number of allylic oxidation sites excluding steroid dienone is 1. The van der Waals surface area contributed by atoms with Crippen molar-refractivity contribution < 1.29 is 0 Å². The molecule has 0 N–H and O–H groups in total. The van der Waals surface area contributed by atoms with Gasteiger partial charge in [0.15, 0.2) is 0 Å². The van der Waals surface area contributed by atoms with Crippen LogP contribution in [0.15, 0.2) is 17.4 Å². The first-order valence-corrected chi connectivity index (χ1v) is 4.23. The second-order valence-electron chi connectivity index (χ2n) is 1.61. The van der Waals surface area contributed by atoms with Crippen LogP contribution in [-0.2, 0) is 0 Å². The number of rotatable bonds is 3. The molecule has 11 heavy (non-hydrogen) atoms. The fourth-order valence-corrected chi connectivity index (χ4v) is 0.546. The summed E-state index contributed by atoms with van der Waals surface area (Å²) in [5.74, 6) is 0. The SMILES string of the molecule is C/C=C\N(CC)/N=C\C.CC. The van der Waals surface area contributed by atoms with Crippen LogP contribution in [0.2, 0.25) is 0 Å².